The third-order valence-corrected chi connectivity index (χ3v) is 12.1. The molecule has 0 atom stereocenters. The molecule has 0 aliphatic heterocycles. The molecule has 4 heteroatoms. The van der Waals surface area contributed by atoms with Crippen LogP contribution in [0.25, 0.3) is 38.2 Å². The number of hydrogen-bond acceptors (Lipinski definition) is 2. The van der Waals surface area contributed by atoms with Crippen LogP contribution in [0.4, 0.5) is 0 Å². The van der Waals surface area contributed by atoms with Gasteiger partial charge in [0, 0.05) is 0 Å². The van der Waals surface area contributed by atoms with Crippen LogP contribution in [0.3, 0.4) is 0 Å². The molecule has 34 heavy (non-hydrogen) atoms. The second kappa shape index (κ2) is 8.69. The van der Waals surface area contributed by atoms with Crippen LogP contribution in [-0.2, 0) is 0 Å². The molecule has 0 aliphatic carbocycles. The number of imidazole rings is 1. The van der Waals surface area contributed by atoms with E-state index < -0.39 is 13.3 Å². The number of nitrogens with zero attached hydrogens (tertiary/aromatic N) is 2. The van der Waals surface area contributed by atoms with Crippen molar-refractivity contribution in [2.24, 2.45) is 0 Å². The molecular weight excluding hydrogens is 493 g/mol. The maximum atomic E-state index is 5.26. The first-order chi connectivity index (χ1) is 16.2. The van der Waals surface area contributed by atoms with Gasteiger partial charge in [-0.1, -0.05) is 0 Å². The average molecular weight is 527 g/mol. The molecule has 2 aromatic heterocycles. The van der Waals surface area contributed by atoms with Gasteiger partial charge in [0.25, 0.3) is 0 Å². The molecule has 2 nitrogen and oxygen atoms in total. The molecule has 0 spiro atoms. The van der Waals surface area contributed by atoms with Gasteiger partial charge in [-0.15, -0.1) is 0 Å². The summed E-state index contributed by atoms with van der Waals surface area (Å²) in [4.78, 5) is 5.26. The summed E-state index contributed by atoms with van der Waals surface area (Å²) in [7, 11) is 0. The molecule has 0 unspecified atom stereocenters. The Morgan fingerprint density at radius 3 is 2.15 bits per heavy atom. The first kappa shape index (κ1) is 23.4. The predicted octanol–water partition coefficient (Wildman–Crippen LogP) is 8.70. The Hall–Kier alpha value is -2.37. The van der Waals surface area contributed by atoms with Crippen LogP contribution >= 0.6 is 11.3 Å². The Morgan fingerprint density at radius 1 is 0.824 bits per heavy atom. The van der Waals surface area contributed by atoms with Crippen molar-refractivity contribution in [3.05, 3.63) is 77.2 Å². The number of thiophene rings is 1. The van der Waals surface area contributed by atoms with Crippen molar-refractivity contribution in [3.63, 3.8) is 0 Å². The Labute approximate surface area is 210 Å². The molecule has 0 fully saturated rings. The van der Waals surface area contributed by atoms with Crippen LogP contribution < -0.4 is 4.40 Å². The summed E-state index contributed by atoms with van der Waals surface area (Å²) in [5.41, 5.74) is 7.53. The van der Waals surface area contributed by atoms with Gasteiger partial charge >= 0.3 is 211 Å². The summed E-state index contributed by atoms with van der Waals surface area (Å²) in [5, 5.41) is 3.65. The summed E-state index contributed by atoms with van der Waals surface area (Å²) in [6.45, 7) is 9.18. The van der Waals surface area contributed by atoms with Crippen molar-refractivity contribution in [1.29, 1.82) is 0 Å². The van der Waals surface area contributed by atoms with Crippen LogP contribution in [0.1, 0.15) is 50.7 Å². The second-order valence-electron chi connectivity index (χ2n) is 11.0. The summed E-state index contributed by atoms with van der Waals surface area (Å²) in [5.74, 6) is 9.30. The van der Waals surface area contributed by atoms with Gasteiger partial charge < -0.3 is 0 Å². The standard InChI is InChI=1S/C30H34GeN2S/c1-19(2)22-11-10-12-23(20(3)4)29(22)33-27-14-9-8-13-26(27)32-30(33)25-18-34-28-16-15-21(17-24(25)28)31(5,6)7/h8-20H,1-7H3. The van der Waals surface area contributed by atoms with E-state index in [-0.39, 0.29) is 0 Å². The molecule has 0 N–H and O–H groups in total. The number of rotatable bonds is 5. The fourth-order valence-corrected chi connectivity index (χ4v) is 8.23. The molecule has 174 valence electrons. The van der Waals surface area contributed by atoms with Crippen LogP contribution in [0.5, 0.6) is 0 Å². The van der Waals surface area contributed by atoms with Crippen LogP contribution in [-0.4, -0.2) is 22.8 Å². The second-order valence-corrected chi connectivity index (χ2v) is 22.5. The van der Waals surface area contributed by atoms with Gasteiger partial charge in [0.15, 0.2) is 0 Å². The van der Waals surface area contributed by atoms with E-state index in [2.05, 4.69) is 116 Å². The Balaban J connectivity index is 1.90. The van der Waals surface area contributed by atoms with Crippen LogP contribution in [0.2, 0.25) is 17.3 Å². The van der Waals surface area contributed by atoms with Crippen molar-refractivity contribution >= 4 is 50.1 Å². The molecule has 0 radical (unpaired) electrons. The van der Waals surface area contributed by atoms with Gasteiger partial charge in [0.05, 0.1) is 0 Å². The first-order valence-corrected chi connectivity index (χ1v) is 20.5. The minimum absolute atomic E-state index is 0.419. The SMILES string of the molecule is CC(C)c1cccc(C(C)C)c1-n1c(-c2csc3cc[c]([Ge]([CH3])([CH3])[CH3])cc23)nc2ccccc21. The molecule has 5 aromatic rings. The zero-order valence-electron chi connectivity index (χ0n) is 21.3. The number of aromatic nitrogens is 2. The van der Waals surface area contributed by atoms with E-state index in [0.717, 1.165) is 11.3 Å². The van der Waals surface area contributed by atoms with E-state index in [4.69, 9.17) is 4.98 Å². The van der Waals surface area contributed by atoms with E-state index in [9.17, 15) is 0 Å². The zero-order valence-corrected chi connectivity index (χ0v) is 24.2. The van der Waals surface area contributed by atoms with Crippen molar-refractivity contribution in [2.45, 2.75) is 56.8 Å². The number of benzene rings is 3. The van der Waals surface area contributed by atoms with Gasteiger partial charge in [-0.25, -0.2) is 0 Å². The predicted molar refractivity (Wildman–Crippen MR) is 153 cm³/mol. The molecule has 5 rings (SSSR count). The number of fused-ring (bicyclic) bond motifs is 2. The van der Waals surface area contributed by atoms with Crippen molar-refractivity contribution in [3.8, 4) is 17.1 Å². The average Bonchev–Trinajstić information content (AvgIpc) is 3.38. The van der Waals surface area contributed by atoms with E-state index in [1.54, 1.807) is 4.40 Å². The number of hydrogen-bond donors (Lipinski definition) is 0. The Bertz CT molecular complexity index is 1470. The van der Waals surface area contributed by atoms with Crippen molar-refractivity contribution in [2.75, 3.05) is 0 Å². The molecule has 0 saturated carbocycles. The van der Waals surface area contributed by atoms with Crippen LogP contribution in [0, 0.1) is 0 Å². The first-order valence-electron chi connectivity index (χ1n) is 12.3. The summed E-state index contributed by atoms with van der Waals surface area (Å²) in [6, 6.07) is 22.5. The maximum absolute atomic E-state index is 5.26. The molecule has 0 saturated heterocycles. The van der Waals surface area contributed by atoms with Crippen molar-refractivity contribution < 1.29 is 0 Å². The van der Waals surface area contributed by atoms with E-state index >= 15 is 0 Å². The summed E-state index contributed by atoms with van der Waals surface area (Å²) >= 11 is -0.132. The van der Waals surface area contributed by atoms with Gasteiger partial charge in [-0.05, 0) is 0 Å². The molecule has 0 amide bonds. The quantitative estimate of drug-likeness (QED) is 0.209. The van der Waals surface area contributed by atoms with Gasteiger partial charge in [-0.3, -0.25) is 0 Å². The van der Waals surface area contributed by atoms with Crippen molar-refractivity contribution in [1.82, 2.24) is 9.55 Å². The normalized spacial score (nSPS) is 12.5. The van der Waals surface area contributed by atoms with Gasteiger partial charge in [0.1, 0.15) is 0 Å². The molecule has 3 aromatic carbocycles. The fourth-order valence-electron chi connectivity index (χ4n) is 4.87. The van der Waals surface area contributed by atoms with E-state index in [0.29, 0.717) is 11.8 Å². The fraction of sp³-hybridized carbons (Fsp3) is 0.300. The van der Waals surface area contributed by atoms with Crippen LogP contribution in [0.15, 0.2) is 66.0 Å². The summed E-state index contributed by atoms with van der Waals surface area (Å²) < 4.78 is 5.33. The third-order valence-electron chi connectivity index (χ3n) is 6.81. The molecule has 2 heterocycles. The number of para-hydroxylation sites is 3. The molecule has 0 aliphatic rings. The minimum atomic E-state index is -1.96. The van der Waals surface area contributed by atoms with Gasteiger partial charge in [0.2, 0.25) is 0 Å². The van der Waals surface area contributed by atoms with E-state index in [1.165, 1.54) is 38.0 Å². The Morgan fingerprint density at radius 2 is 1.50 bits per heavy atom. The van der Waals surface area contributed by atoms with E-state index in [1.807, 2.05) is 11.3 Å². The molecule has 0 bridgehead atoms. The van der Waals surface area contributed by atoms with Gasteiger partial charge in [-0.2, -0.15) is 0 Å². The zero-order chi connectivity index (χ0) is 24.2. The Kier molecular flexibility index (Phi) is 5.98. The molecular formula is C30H34GeN2S. The monoisotopic (exact) mass is 528 g/mol. The topological polar surface area (TPSA) is 17.8 Å². The third kappa shape index (κ3) is 3.93. The summed E-state index contributed by atoms with van der Waals surface area (Å²) in [6.07, 6.45) is 0.